The Morgan fingerprint density at radius 3 is 2.60 bits per heavy atom. The van der Waals surface area contributed by atoms with E-state index in [1.165, 1.54) is 17.7 Å². The second kappa shape index (κ2) is 8.91. The van der Waals surface area contributed by atoms with Gasteiger partial charge in [0.05, 0.1) is 0 Å². The first-order chi connectivity index (χ1) is 14.7. The van der Waals surface area contributed by atoms with Crippen LogP contribution in [0.1, 0.15) is 41.5 Å². The molecule has 2 aromatic heterocycles. The molecule has 2 aromatic carbocycles. The number of nitrogens with zero attached hydrogens (tertiary/aromatic N) is 1. The van der Waals surface area contributed by atoms with Crippen molar-refractivity contribution in [2.24, 2.45) is 0 Å². The number of aromatic amines is 1. The minimum atomic E-state index is -0.285. The van der Waals surface area contributed by atoms with E-state index >= 15 is 0 Å². The lowest BCUT2D eigenvalue weighted by atomic mass is 9.87. The summed E-state index contributed by atoms with van der Waals surface area (Å²) in [6, 6.07) is 16.4. The molecule has 152 valence electrons. The minimum Gasteiger partial charge on any atom is -0.361 e. The van der Waals surface area contributed by atoms with Gasteiger partial charge >= 0.3 is 0 Å². The Labute approximate surface area is 175 Å². The average Bonchev–Trinajstić information content (AvgIpc) is 3.21. The Balaban J connectivity index is 1.64. The summed E-state index contributed by atoms with van der Waals surface area (Å²) in [7, 11) is 0. The lowest BCUT2D eigenvalue weighted by Crippen LogP contribution is -2.25. The number of rotatable bonds is 7. The highest BCUT2D eigenvalue weighted by atomic mass is 19.1. The SMILES string of the molecule is CCc1cccc2c([C@@H](CC(=O)NCc3ccncc3)c3ccc(F)cc3)c[nH]c12. The van der Waals surface area contributed by atoms with Gasteiger partial charge in [-0.05, 0) is 52.9 Å². The Morgan fingerprint density at radius 2 is 1.87 bits per heavy atom. The number of H-pyrrole nitrogens is 1. The van der Waals surface area contributed by atoms with Crippen molar-refractivity contribution in [3.8, 4) is 0 Å². The van der Waals surface area contributed by atoms with Crippen molar-refractivity contribution >= 4 is 16.8 Å². The number of carbonyl (C=O) groups excluding carboxylic acids is 1. The Hall–Kier alpha value is -3.47. The van der Waals surface area contributed by atoms with Gasteiger partial charge in [-0.1, -0.05) is 37.3 Å². The van der Waals surface area contributed by atoms with Gasteiger partial charge in [0.1, 0.15) is 5.82 Å². The molecule has 0 bridgehead atoms. The molecule has 5 heteroatoms. The van der Waals surface area contributed by atoms with Crippen molar-refractivity contribution in [1.29, 1.82) is 0 Å². The maximum atomic E-state index is 13.5. The quantitative estimate of drug-likeness (QED) is 0.452. The number of pyridine rings is 1. The molecule has 2 heterocycles. The molecule has 0 spiro atoms. The van der Waals surface area contributed by atoms with Crippen LogP contribution in [0.2, 0.25) is 0 Å². The van der Waals surface area contributed by atoms with Gasteiger partial charge in [0, 0.05) is 48.4 Å². The summed E-state index contributed by atoms with van der Waals surface area (Å²) in [4.78, 5) is 20.2. The van der Waals surface area contributed by atoms with Crippen LogP contribution in [0.5, 0.6) is 0 Å². The van der Waals surface area contributed by atoms with Gasteiger partial charge in [-0.3, -0.25) is 9.78 Å². The zero-order chi connectivity index (χ0) is 20.9. The van der Waals surface area contributed by atoms with E-state index in [0.717, 1.165) is 34.0 Å². The number of benzene rings is 2. The Kier molecular flexibility index (Phi) is 5.89. The summed E-state index contributed by atoms with van der Waals surface area (Å²) in [6.45, 7) is 2.57. The van der Waals surface area contributed by atoms with Crippen molar-refractivity contribution in [2.45, 2.75) is 32.2 Å². The first kappa shape index (κ1) is 19.8. The van der Waals surface area contributed by atoms with Crippen molar-refractivity contribution in [3.05, 3.63) is 101 Å². The van der Waals surface area contributed by atoms with Crippen molar-refractivity contribution in [1.82, 2.24) is 15.3 Å². The smallest absolute Gasteiger partial charge is 0.221 e. The van der Waals surface area contributed by atoms with Crippen LogP contribution >= 0.6 is 0 Å². The van der Waals surface area contributed by atoms with Gasteiger partial charge in [-0.15, -0.1) is 0 Å². The second-order valence-corrected chi connectivity index (χ2v) is 7.38. The van der Waals surface area contributed by atoms with Crippen LogP contribution in [0.15, 0.2) is 73.2 Å². The second-order valence-electron chi connectivity index (χ2n) is 7.38. The summed E-state index contributed by atoms with van der Waals surface area (Å²) in [6.07, 6.45) is 6.60. The molecule has 0 unspecified atom stereocenters. The molecule has 0 aliphatic rings. The average molecular weight is 401 g/mol. The summed E-state index contributed by atoms with van der Waals surface area (Å²) in [5, 5.41) is 4.09. The van der Waals surface area contributed by atoms with Crippen molar-refractivity contribution in [2.75, 3.05) is 0 Å². The molecular weight excluding hydrogens is 377 g/mol. The van der Waals surface area contributed by atoms with Crippen LogP contribution in [0.25, 0.3) is 10.9 Å². The van der Waals surface area contributed by atoms with Crippen molar-refractivity contribution in [3.63, 3.8) is 0 Å². The predicted octanol–water partition coefficient (Wildman–Crippen LogP) is 5.10. The maximum absolute atomic E-state index is 13.5. The zero-order valence-corrected chi connectivity index (χ0v) is 16.9. The fraction of sp³-hybridized carbons (Fsp3) is 0.200. The van der Waals surface area contributed by atoms with Gasteiger partial charge in [-0.2, -0.15) is 0 Å². The number of fused-ring (bicyclic) bond motifs is 1. The van der Waals surface area contributed by atoms with E-state index in [1.54, 1.807) is 24.5 Å². The topological polar surface area (TPSA) is 57.8 Å². The van der Waals surface area contributed by atoms with Gasteiger partial charge in [0.2, 0.25) is 5.91 Å². The summed E-state index contributed by atoms with van der Waals surface area (Å²) in [5.74, 6) is -0.516. The summed E-state index contributed by atoms with van der Waals surface area (Å²) >= 11 is 0. The van der Waals surface area contributed by atoms with E-state index in [0.29, 0.717) is 6.54 Å². The van der Waals surface area contributed by atoms with Crippen LogP contribution in [-0.2, 0) is 17.8 Å². The van der Waals surface area contributed by atoms with Crippen molar-refractivity contribution < 1.29 is 9.18 Å². The zero-order valence-electron chi connectivity index (χ0n) is 16.9. The molecule has 4 rings (SSSR count). The molecule has 0 radical (unpaired) electrons. The molecule has 1 amide bonds. The van der Waals surface area contributed by atoms with Gasteiger partial charge in [0.15, 0.2) is 0 Å². The molecule has 1 atom stereocenters. The maximum Gasteiger partial charge on any atom is 0.221 e. The molecule has 0 saturated heterocycles. The lowest BCUT2D eigenvalue weighted by Gasteiger charge is -2.17. The van der Waals surface area contributed by atoms with Gasteiger partial charge < -0.3 is 10.3 Å². The lowest BCUT2D eigenvalue weighted by molar-refractivity contribution is -0.121. The first-order valence-electron chi connectivity index (χ1n) is 10.2. The number of carbonyl (C=O) groups is 1. The highest BCUT2D eigenvalue weighted by molar-refractivity contribution is 5.88. The molecule has 0 aliphatic heterocycles. The third-order valence-corrected chi connectivity index (χ3v) is 5.49. The number of aromatic nitrogens is 2. The number of aryl methyl sites for hydroxylation is 1. The minimum absolute atomic E-state index is 0.0536. The highest BCUT2D eigenvalue weighted by Gasteiger charge is 2.22. The van der Waals surface area contributed by atoms with Gasteiger partial charge in [0.25, 0.3) is 0 Å². The van der Waals surface area contributed by atoms with Gasteiger partial charge in [-0.25, -0.2) is 4.39 Å². The summed E-state index contributed by atoms with van der Waals surface area (Å²) in [5.41, 5.74) is 5.29. The predicted molar refractivity (Wildman–Crippen MR) is 117 cm³/mol. The van der Waals surface area contributed by atoms with E-state index in [1.807, 2.05) is 24.4 Å². The molecule has 0 aliphatic carbocycles. The largest absolute Gasteiger partial charge is 0.361 e. The summed E-state index contributed by atoms with van der Waals surface area (Å²) < 4.78 is 13.5. The fourth-order valence-electron chi connectivity index (χ4n) is 3.88. The monoisotopic (exact) mass is 401 g/mol. The molecule has 2 N–H and O–H groups in total. The van der Waals surface area contributed by atoms with Crippen LogP contribution in [0.4, 0.5) is 4.39 Å². The van der Waals surface area contributed by atoms with Crippen LogP contribution < -0.4 is 5.32 Å². The van der Waals surface area contributed by atoms with Crippen LogP contribution in [0, 0.1) is 5.82 Å². The molecule has 4 nitrogen and oxygen atoms in total. The first-order valence-corrected chi connectivity index (χ1v) is 10.2. The number of amides is 1. The molecule has 4 aromatic rings. The van der Waals surface area contributed by atoms with Crippen LogP contribution in [0.3, 0.4) is 0 Å². The fourth-order valence-corrected chi connectivity index (χ4v) is 3.88. The van der Waals surface area contributed by atoms with E-state index in [2.05, 4.69) is 34.3 Å². The van der Waals surface area contributed by atoms with Crippen LogP contribution in [-0.4, -0.2) is 15.9 Å². The highest BCUT2D eigenvalue weighted by Crippen LogP contribution is 2.34. The third-order valence-electron chi connectivity index (χ3n) is 5.49. The number of nitrogens with one attached hydrogen (secondary N) is 2. The third kappa shape index (κ3) is 4.25. The molecule has 30 heavy (non-hydrogen) atoms. The number of halogens is 1. The molecule has 0 fully saturated rings. The molecule has 0 saturated carbocycles. The Morgan fingerprint density at radius 1 is 1.10 bits per heavy atom. The normalized spacial score (nSPS) is 12.1. The standard InChI is InChI=1S/C25H24FN3O/c1-2-18-4-3-5-21-23(16-29-25(18)21)22(19-6-8-20(26)9-7-19)14-24(30)28-15-17-10-12-27-13-11-17/h3-13,16,22,29H,2,14-15H2,1H3,(H,28,30)/t22-/m0/s1. The number of para-hydroxylation sites is 1. The number of hydrogen-bond acceptors (Lipinski definition) is 2. The number of hydrogen-bond donors (Lipinski definition) is 2. The van der Waals surface area contributed by atoms with E-state index in [4.69, 9.17) is 0 Å². The van der Waals surface area contributed by atoms with E-state index < -0.39 is 0 Å². The molecular formula is C25H24FN3O. The Bertz CT molecular complexity index is 1140. The van der Waals surface area contributed by atoms with E-state index in [-0.39, 0.29) is 24.1 Å². The van der Waals surface area contributed by atoms with E-state index in [9.17, 15) is 9.18 Å².